The lowest BCUT2D eigenvalue weighted by atomic mass is 10.1. The first-order chi connectivity index (χ1) is 9.63. The van der Waals surface area contributed by atoms with E-state index in [1.54, 1.807) is 0 Å². The summed E-state index contributed by atoms with van der Waals surface area (Å²) >= 11 is 0. The SMILES string of the molecule is CCCc1cc(CNCC)cc(-n2nc(C)cc2C)n1. The Labute approximate surface area is 121 Å². The summed E-state index contributed by atoms with van der Waals surface area (Å²) in [6.07, 6.45) is 2.11. The molecular weight excluding hydrogens is 248 g/mol. The van der Waals surface area contributed by atoms with Crippen LogP contribution in [0, 0.1) is 13.8 Å². The average molecular weight is 272 g/mol. The Bertz CT molecular complexity index is 572. The van der Waals surface area contributed by atoms with Gasteiger partial charge in [-0.25, -0.2) is 9.67 Å². The maximum Gasteiger partial charge on any atom is 0.154 e. The van der Waals surface area contributed by atoms with Crippen LogP contribution in [0.3, 0.4) is 0 Å². The van der Waals surface area contributed by atoms with E-state index in [2.05, 4.69) is 49.4 Å². The highest BCUT2D eigenvalue weighted by molar-refractivity contribution is 5.32. The minimum atomic E-state index is 0.877. The van der Waals surface area contributed by atoms with E-state index in [0.29, 0.717) is 0 Å². The number of rotatable bonds is 6. The monoisotopic (exact) mass is 272 g/mol. The largest absolute Gasteiger partial charge is 0.313 e. The van der Waals surface area contributed by atoms with Crippen LogP contribution in [0.4, 0.5) is 0 Å². The van der Waals surface area contributed by atoms with Gasteiger partial charge < -0.3 is 5.32 Å². The van der Waals surface area contributed by atoms with Gasteiger partial charge in [-0.1, -0.05) is 20.3 Å². The Hall–Kier alpha value is -1.68. The van der Waals surface area contributed by atoms with E-state index in [1.807, 2.05) is 11.6 Å². The molecule has 2 heterocycles. The summed E-state index contributed by atoms with van der Waals surface area (Å²) in [6.45, 7) is 10.2. The number of nitrogens with one attached hydrogen (secondary N) is 1. The van der Waals surface area contributed by atoms with Crippen molar-refractivity contribution < 1.29 is 0 Å². The number of hydrogen-bond acceptors (Lipinski definition) is 3. The molecule has 4 heteroatoms. The molecule has 1 N–H and O–H groups in total. The second kappa shape index (κ2) is 6.66. The van der Waals surface area contributed by atoms with Crippen molar-refractivity contribution in [3.05, 3.63) is 40.8 Å². The predicted molar refractivity (Wildman–Crippen MR) is 82.2 cm³/mol. The van der Waals surface area contributed by atoms with E-state index in [9.17, 15) is 0 Å². The Morgan fingerprint density at radius 1 is 1.15 bits per heavy atom. The molecule has 0 unspecified atom stereocenters. The molecule has 0 bridgehead atoms. The first-order valence-corrected chi connectivity index (χ1v) is 7.38. The van der Waals surface area contributed by atoms with Crippen LogP contribution in [0.1, 0.15) is 42.9 Å². The van der Waals surface area contributed by atoms with Gasteiger partial charge in [0.05, 0.1) is 5.69 Å². The zero-order valence-corrected chi connectivity index (χ0v) is 12.9. The van der Waals surface area contributed by atoms with Crippen molar-refractivity contribution in [2.24, 2.45) is 0 Å². The van der Waals surface area contributed by atoms with Gasteiger partial charge in [-0.3, -0.25) is 0 Å². The summed E-state index contributed by atoms with van der Waals surface area (Å²) in [6, 6.07) is 6.40. The van der Waals surface area contributed by atoms with Crippen molar-refractivity contribution in [3.63, 3.8) is 0 Å². The normalized spacial score (nSPS) is 11.0. The molecule has 4 nitrogen and oxygen atoms in total. The van der Waals surface area contributed by atoms with Gasteiger partial charge in [-0.05, 0) is 50.6 Å². The molecule has 0 amide bonds. The van der Waals surface area contributed by atoms with Crippen molar-refractivity contribution >= 4 is 0 Å². The molecule has 2 aromatic rings. The fourth-order valence-electron chi connectivity index (χ4n) is 2.36. The minimum Gasteiger partial charge on any atom is -0.313 e. The van der Waals surface area contributed by atoms with E-state index >= 15 is 0 Å². The van der Waals surface area contributed by atoms with Crippen molar-refractivity contribution in [1.29, 1.82) is 0 Å². The van der Waals surface area contributed by atoms with Gasteiger partial charge in [0.2, 0.25) is 0 Å². The first kappa shape index (κ1) is 14.7. The smallest absolute Gasteiger partial charge is 0.154 e. The van der Waals surface area contributed by atoms with E-state index in [-0.39, 0.29) is 0 Å². The highest BCUT2D eigenvalue weighted by Gasteiger charge is 2.08. The summed E-state index contributed by atoms with van der Waals surface area (Å²) in [5, 5.41) is 7.91. The molecule has 20 heavy (non-hydrogen) atoms. The first-order valence-electron chi connectivity index (χ1n) is 7.38. The van der Waals surface area contributed by atoms with Crippen LogP contribution in [0.15, 0.2) is 18.2 Å². The molecule has 0 fully saturated rings. The van der Waals surface area contributed by atoms with Crippen LogP contribution in [-0.4, -0.2) is 21.3 Å². The number of aryl methyl sites for hydroxylation is 3. The lowest BCUT2D eigenvalue weighted by molar-refractivity contribution is 0.716. The quantitative estimate of drug-likeness (QED) is 0.879. The van der Waals surface area contributed by atoms with Gasteiger partial charge in [-0.2, -0.15) is 5.10 Å². The van der Waals surface area contributed by atoms with Gasteiger partial charge in [0.1, 0.15) is 0 Å². The van der Waals surface area contributed by atoms with Crippen LogP contribution < -0.4 is 5.32 Å². The van der Waals surface area contributed by atoms with Crippen molar-refractivity contribution in [3.8, 4) is 5.82 Å². The highest BCUT2D eigenvalue weighted by Crippen LogP contribution is 2.14. The number of nitrogens with zero attached hydrogens (tertiary/aromatic N) is 3. The topological polar surface area (TPSA) is 42.7 Å². The van der Waals surface area contributed by atoms with Crippen molar-refractivity contribution in [1.82, 2.24) is 20.1 Å². The molecule has 0 saturated heterocycles. The number of aromatic nitrogens is 3. The second-order valence-corrected chi connectivity index (χ2v) is 5.19. The zero-order chi connectivity index (χ0) is 14.5. The molecule has 0 saturated carbocycles. The Morgan fingerprint density at radius 3 is 2.55 bits per heavy atom. The predicted octanol–water partition coefficient (Wildman–Crippen LogP) is 2.95. The Kier molecular flexibility index (Phi) is 4.90. The van der Waals surface area contributed by atoms with E-state index in [0.717, 1.165) is 48.8 Å². The molecule has 0 aliphatic carbocycles. The second-order valence-electron chi connectivity index (χ2n) is 5.19. The fraction of sp³-hybridized carbons (Fsp3) is 0.500. The van der Waals surface area contributed by atoms with Gasteiger partial charge in [0.15, 0.2) is 5.82 Å². The fourth-order valence-corrected chi connectivity index (χ4v) is 2.36. The van der Waals surface area contributed by atoms with Crippen molar-refractivity contribution in [2.75, 3.05) is 6.54 Å². The van der Waals surface area contributed by atoms with Gasteiger partial charge in [0, 0.05) is 17.9 Å². The average Bonchev–Trinajstić information content (AvgIpc) is 2.75. The molecule has 108 valence electrons. The summed E-state index contributed by atoms with van der Waals surface area (Å²) in [5.41, 5.74) is 4.56. The molecule has 2 rings (SSSR count). The third kappa shape index (κ3) is 3.45. The zero-order valence-electron chi connectivity index (χ0n) is 12.9. The van der Waals surface area contributed by atoms with E-state index in [4.69, 9.17) is 4.98 Å². The van der Waals surface area contributed by atoms with E-state index in [1.165, 1.54) is 5.56 Å². The molecule has 0 radical (unpaired) electrons. The maximum absolute atomic E-state index is 4.75. The lowest BCUT2D eigenvalue weighted by Crippen LogP contribution is -2.13. The minimum absolute atomic E-state index is 0.877. The highest BCUT2D eigenvalue weighted by atomic mass is 15.3. The van der Waals surface area contributed by atoms with Crippen LogP contribution in [0.25, 0.3) is 5.82 Å². The molecule has 2 aromatic heterocycles. The molecule has 0 spiro atoms. The summed E-state index contributed by atoms with van der Waals surface area (Å²) in [5.74, 6) is 0.925. The Balaban J connectivity index is 2.40. The van der Waals surface area contributed by atoms with Crippen LogP contribution in [0.5, 0.6) is 0 Å². The van der Waals surface area contributed by atoms with Crippen LogP contribution in [0.2, 0.25) is 0 Å². The lowest BCUT2D eigenvalue weighted by Gasteiger charge is -2.10. The number of hydrogen-bond donors (Lipinski definition) is 1. The van der Waals surface area contributed by atoms with Crippen LogP contribution >= 0.6 is 0 Å². The third-order valence-electron chi connectivity index (χ3n) is 3.24. The number of pyridine rings is 1. The molecule has 0 aliphatic rings. The molecular formula is C16H24N4. The van der Waals surface area contributed by atoms with Gasteiger partial charge >= 0.3 is 0 Å². The van der Waals surface area contributed by atoms with Gasteiger partial charge in [0.25, 0.3) is 0 Å². The van der Waals surface area contributed by atoms with E-state index < -0.39 is 0 Å². The molecule has 0 aliphatic heterocycles. The molecule has 0 aromatic carbocycles. The van der Waals surface area contributed by atoms with Crippen LogP contribution in [-0.2, 0) is 13.0 Å². The maximum atomic E-state index is 4.75. The summed E-state index contributed by atoms with van der Waals surface area (Å²) < 4.78 is 1.93. The summed E-state index contributed by atoms with van der Waals surface area (Å²) in [7, 11) is 0. The molecule has 0 atom stereocenters. The van der Waals surface area contributed by atoms with Crippen molar-refractivity contribution in [2.45, 2.75) is 47.1 Å². The third-order valence-corrected chi connectivity index (χ3v) is 3.24. The van der Waals surface area contributed by atoms with Gasteiger partial charge in [-0.15, -0.1) is 0 Å². The standard InChI is InChI=1S/C16H24N4/c1-5-7-15-9-14(11-17-6-2)10-16(18-15)20-13(4)8-12(3)19-20/h8-10,17H,5-7,11H2,1-4H3. The Morgan fingerprint density at radius 2 is 1.95 bits per heavy atom. The summed E-state index contributed by atoms with van der Waals surface area (Å²) in [4.78, 5) is 4.75.